The van der Waals surface area contributed by atoms with Gasteiger partial charge in [-0.3, -0.25) is 0 Å². The number of rotatable bonds is 0. The van der Waals surface area contributed by atoms with E-state index in [2.05, 4.69) is 61.3 Å². The van der Waals surface area contributed by atoms with Crippen LogP contribution < -0.4 is 0 Å². The van der Waals surface area contributed by atoms with Crippen LogP contribution in [0.15, 0.2) is 30.3 Å². The van der Waals surface area contributed by atoms with Crippen molar-refractivity contribution in [1.29, 1.82) is 0 Å². The molecular weight excluding hydrogens is 232 g/mol. The van der Waals surface area contributed by atoms with E-state index in [0.29, 0.717) is 0 Å². The van der Waals surface area contributed by atoms with Crippen LogP contribution in [0, 0.1) is 0 Å². The molecule has 0 unspecified atom stereocenters. The largest absolute Gasteiger partial charge is 0.154 e. The van der Waals surface area contributed by atoms with E-state index in [4.69, 9.17) is 0 Å². The quantitative estimate of drug-likeness (QED) is 0.710. The molecule has 0 saturated heterocycles. The molecule has 1 aliphatic carbocycles. The number of hydrogen-bond donors (Lipinski definition) is 0. The molecule has 2 aromatic rings. The van der Waals surface area contributed by atoms with Gasteiger partial charge < -0.3 is 0 Å². The van der Waals surface area contributed by atoms with Crippen molar-refractivity contribution >= 4 is 0 Å². The van der Waals surface area contributed by atoms with E-state index >= 15 is 0 Å². The second kappa shape index (κ2) is 4.44. The summed E-state index contributed by atoms with van der Waals surface area (Å²) in [4.78, 5) is 0. The Morgan fingerprint density at radius 3 is 2.47 bits per heavy atom. The first-order chi connectivity index (χ1) is 9.05. The van der Waals surface area contributed by atoms with Crippen LogP contribution in [-0.4, -0.2) is 10.2 Å². The number of aromatic nitrogens is 2. The predicted molar refractivity (Wildman–Crippen MR) is 78.2 cm³/mol. The summed E-state index contributed by atoms with van der Waals surface area (Å²) in [6, 6.07) is 10.8. The molecule has 0 saturated carbocycles. The van der Waals surface area contributed by atoms with Crippen molar-refractivity contribution < 1.29 is 0 Å². The number of aryl methyl sites for hydroxylation is 2. The molecule has 1 aromatic heterocycles. The van der Waals surface area contributed by atoms with Crippen molar-refractivity contribution in [3.8, 4) is 11.3 Å². The second-order valence-corrected chi connectivity index (χ2v) is 6.36. The SMILES string of the molecule is CC(C)(C)c1cc2c(nn1)-c1ccccc1CCC2. The minimum absolute atomic E-state index is 0.0633. The van der Waals surface area contributed by atoms with Crippen molar-refractivity contribution in [2.45, 2.75) is 45.4 Å². The van der Waals surface area contributed by atoms with Crippen molar-refractivity contribution in [2.24, 2.45) is 0 Å². The van der Waals surface area contributed by atoms with Crippen molar-refractivity contribution in [2.75, 3.05) is 0 Å². The fourth-order valence-corrected chi connectivity index (χ4v) is 2.65. The first-order valence-electron chi connectivity index (χ1n) is 7.01. The second-order valence-electron chi connectivity index (χ2n) is 6.36. The van der Waals surface area contributed by atoms with Gasteiger partial charge in [-0.2, -0.15) is 5.10 Å². The lowest BCUT2D eigenvalue weighted by molar-refractivity contribution is 0.557. The highest BCUT2D eigenvalue weighted by atomic mass is 15.1. The molecular formula is C17H20N2. The number of fused-ring (bicyclic) bond motifs is 3. The summed E-state index contributed by atoms with van der Waals surface area (Å²) in [6.45, 7) is 6.57. The van der Waals surface area contributed by atoms with Crippen LogP contribution in [0.1, 0.15) is 44.0 Å². The molecule has 0 amide bonds. The lowest BCUT2D eigenvalue weighted by Gasteiger charge is -2.18. The summed E-state index contributed by atoms with van der Waals surface area (Å²) in [7, 11) is 0. The summed E-state index contributed by atoms with van der Waals surface area (Å²) in [6.07, 6.45) is 3.43. The van der Waals surface area contributed by atoms with Crippen LogP contribution in [-0.2, 0) is 18.3 Å². The highest BCUT2D eigenvalue weighted by molar-refractivity contribution is 5.67. The van der Waals surface area contributed by atoms with Crippen molar-refractivity contribution in [3.05, 3.63) is 47.2 Å². The normalized spacial score (nSPS) is 14.5. The van der Waals surface area contributed by atoms with E-state index in [1.54, 1.807) is 0 Å². The van der Waals surface area contributed by atoms with Gasteiger partial charge in [0.2, 0.25) is 0 Å². The molecule has 98 valence electrons. The number of benzene rings is 1. The Morgan fingerprint density at radius 1 is 0.947 bits per heavy atom. The minimum atomic E-state index is 0.0633. The Morgan fingerprint density at radius 2 is 1.68 bits per heavy atom. The van der Waals surface area contributed by atoms with Gasteiger partial charge in [0.1, 0.15) is 0 Å². The molecule has 0 aliphatic heterocycles. The molecule has 2 nitrogen and oxygen atoms in total. The fraction of sp³-hybridized carbons (Fsp3) is 0.412. The van der Waals surface area contributed by atoms with Crippen LogP contribution in [0.3, 0.4) is 0 Å². The molecule has 1 aliphatic rings. The maximum atomic E-state index is 4.54. The van der Waals surface area contributed by atoms with E-state index in [0.717, 1.165) is 24.2 Å². The van der Waals surface area contributed by atoms with E-state index in [9.17, 15) is 0 Å². The Hall–Kier alpha value is -1.70. The van der Waals surface area contributed by atoms with Crippen molar-refractivity contribution in [3.63, 3.8) is 0 Å². The zero-order chi connectivity index (χ0) is 13.5. The van der Waals surface area contributed by atoms with Gasteiger partial charge in [-0.1, -0.05) is 45.0 Å². The van der Waals surface area contributed by atoms with Gasteiger partial charge in [-0.25, -0.2) is 0 Å². The van der Waals surface area contributed by atoms with Gasteiger partial charge in [0.15, 0.2) is 0 Å². The van der Waals surface area contributed by atoms with Gasteiger partial charge in [0.25, 0.3) is 0 Å². The average molecular weight is 252 g/mol. The van der Waals surface area contributed by atoms with Crippen LogP contribution in [0.5, 0.6) is 0 Å². The highest BCUT2D eigenvalue weighted by Crippen LogP contribution is 2.32. The van der Waals surface area contributed by atoms with E-state index in [-0.39, 0.29) is 5.41 Å². The van der Waals surface area contributed by atoms with E-state index < -0.39 is 0 Å². The molecule has 1 aromatic carbocycles. The van der Waals surface area contributed by atoms with Crippen molar-refractivity contribution in [1.82, 2.24) is 10.2 Å². The summed E-state index contributed by atoms with van der Waals surface area (Å²) in [5, 5.41) is 8.99. The zero-order valence-electron chi connectivity index (χ0n) is 11.9. The lowest BCUT2D eigenvalue weighted by atomic mass is 9.90. The minimum Gasteiger partial charge on any atom is -0.154 e. The molecule has 1 heterocycles. The third-order valence-corrected chi connectivity index (χ3v) is 3.81. The summed E-state index contributed by atoms with van der Waals surface area (Å²) in [5.74, 6) is 0. The molecule has 0 fully saturated rings. The molecule has 0 radical (unpaired) electrons. The predicted octanol–water partition coefficient (Wildman–Crippen LogP) is 3.93. The van der Waals surface area contributed by atoms with Gasteiger partial charge >= 0.3 is 0 Å². The Balaban J connectivity index is 2.16. The summed E-state index contributed by atoms with van der Waals surface area (Å²) >= 11 is 0. The van der Waals surface area contributed by atoms with Crippen LogP contribution in [0.4, 0.5) is 0 Å². The molecule has 0 spiro atoms. The summed E-state index contributed by atoms with van der Waals surface area (Å²) in [5.41, 5.74) is 6.26. The molecule has 0 N–H and O–H groups in total. The number of nitrogens with zero attached hydrogens (tertiary/aromatic N) is 2. The van der Waals surface area contributed by atoms with Gasteiger partial charge in [0.05, 0.1) is 11.4 Å². The van der Waals surface area contributed by atoms with Gasteiger partial charge in [0, 0.05) is 11.0 Å². The fourth-order valence-electron chi connectivity index (χ4n) is 2.65. The number of hydrogen-bond acceptors (Lipinski definition) is 2. The third kappa shape index (κ3) is 2.27. The van der Waals surface area contributed by atoms with Crippen LogP contribution in [0.2, 0.25) is 0 Å². The smallest absolute Gasteiger partial charge is 0.0964 e. The third-order valence-electron chi connectivity index (χ3n) is 3.81. The van der Waals surface area contributed by atoms with E-state index in [1.165, 1.54) is 23.1 Å². The maximum absolute atomic E-state index is 4.54. The molecule has 3 rings (SSSR count). The maximum Gasteiger partial charge on any atom is 0.0964 e. The van der Waals surface area contributed by atoms with Gasteiger partial charge in [-0.15, -0.1) is 5.10 Å². The molecule has 0 atom stereocenters. The highest BCUT2D eigenvalue weighted by Gasteiger charge is 2.21. The van der Waals surface area contributed by atoms with E-state index in [1.807, 2.05) is 0 Å². The van der Waals surface area contributed by atoms with Gasteiger partial charge in [-0.05, 0) is 36.5 Å². The first-order valence-corrected chi connectivity index (χ1v) is 7.01. The summed E-state index contributed by atoms with van der Waals surface area (Å²) < 4.78 is 0. The lowest BCUT2D eigenvalue weighted by Crippen LogP contribution is -2.15. The van der Waals surface area contributed by atoms with Crippen LogP contribution >= 0.6 is 0 Å². The average Bonchev–Trinajstić information content (AvgIpc) is 2.56. The Bertz CT molecular complexity index is 609. The Labute approximate surface area is 114 Å². The molecule has 0 bridgehead atoms. The molecule has 19 heavy (non-hydrogen) atoms. The van der Waals surface area contributed by atoms with Crippen LogP contribution in [0.25, 0.3) is 11.3 Å². The standard InChI is InChI=1S/C17H20N2/c1-17(2,3)15-11-13-9-6-8-12-7-4-5-10-14(12)16(13)19-18-15/h4-5,7,10-11H,6,8-9H2,1-3H3. The first kappa shape index (κ1) is 12.3. The Kier molecular flexibility index (Phi) is 2.89. The molecule has 2 heteroatoms. The zero-order valence-corrected chi connectivity index (χ0v) is 11.9. The topological polar surface area (TPSA) is 25.8 Å². The monoisotopic (exact) mass is 252 g/mol.